The van der Waals surface area contributed by atoms with Crippen LogP contribution in [0.1, 0.15) is 31.3 Å². The van der Waals surface area contributed by atoms with Gasteiger partial charge in [0.05, 0.1) is 46.6 Å². The summed E-state index contributed by atoms with van der Waals surface area (Å²) in [5, 5.41) is 10.6. The van der Waals surface area contributed by atoms with Gasteiger partial charge >= 0.3 is 12.1 Å². The maximum Gasteiger partial charge on any atom is 0.422 e. The first-order chi connectivity index (χ1) is 20.4. The fourth-order valence-corrected chi connectivity index (χ4v) is 5.39. The number of hydrogen-bond donors (Lipinski definition) is 2. The number of halogens is 2. The van der Waals surface area contributed by atoms with Gasteiger partial charge in [-0.05, 0) is 51.1 Å². The first-order valence-corrected chi connectivity index (χ1v) is 13.2. The van der Waals surface area contributed by atoms with Crippen LogP contribution >= 0.6 is 0 Å². The first kappa shape index (κ1) is 27.8. The summed E-state index contributed by atoms with van der Waals surface area (Å²) in [7, 11) is 0. The van der Waals surface area contributed by atoms with Gasteiger partial charge in [0.25, 0.3) is 5.56 Å². The smallest absolute Gasteiger partial charge is 0.422 e. The Morgan fingerprint density at radius 3 is 2.65 bits per heavy atom. The van der Waals surface area contributed by atoms with Crippen LogP contribution in [0.3, 0.4) is 0 Å². The fourth-order valence-electron chi connectivity index (χ4n) is 5.39. The lowest BCUT2D eigenvalue weighted by molar-refractivity contribution is -0.130. The number of furan rings is 1. The number of carboxylic acid groups (broad SMARTS) is 1. The molecule has 1 aliphatic heterocycles. The van der Waals surface area contributed by atoms with E-state index in [0.29, 0.717) is 4.90 Å². The van der Waals surface area contributed by atoms with Crippen LogP contribution < -0.4 is 5.56 Å². The third-order valence-corrected chi connectivity index (χ3v) is 7.17. The third-order valence-electron chi connectivity index (χ3n) is 7.17. The molecule has 0 bridgehead atoms. The summed E-state index contributed by atoms with van der Waals surface area (Å²) in [6.07, 6.45) is 5.02. The number of carbonyl (C=O) groups excluding carboxylic acids is 2. The highest BCUT2D eigenvalue weighted by Crippen LogP contribution is 2.41. The number of aromatic nitrogens is 2. The molecule has 0 spiro atoms. The number of amides is 2. The minimum atomic E-state index is -1.47. The van der Waals surface area contributed by atoms with E-state index >= 15 is 8.78 Å². The summed E-state index contributed by atoms with van der Waals surface area (Å²) in [5.41, 5.74) is -2.06. The van der Waals surface area contributed by atoms with Gasteiger partial charge < -0.3 is 23.8 Å². The highest BCUT2D eigenvalue weighted by Gasteiger charge is 2.40. The summed E-state index contributed by atoms with van der Waals surface area (Å²) >= 11 is 0. The highest BCUT2D eigenvalue weighted by molar-refractivity contribution is 6.17. The minimum absolute atomic E-state index is 0.00741. The van der Waals surface area contributed by atoms with E-state index in [1.165, 1.54) is 36.7 Å². The van der Waals surface area contributed by atoms with Crippen LogP contribution in [-0.4, -0.2) is 55.5 Å². The van der Waals surface area contributed by atoms with Crippen LogP contribution in [0.25, 0.3) is 33.0 Å². The second-order valence-corrected chi connectivity index (χ2v) is 11.1. The number of pyridine rings is 1. The van der Waals surface area contributed by atoms with Crippen molar-refractivity contribution in [3.8, 4) is 11.1 Å². The van der Waals surface area contributed by atoms with Gasteiger partial charge in [-0.3, -0.25) is 14.6 Å². The Hall–Kier alpha value is -5.33. The number of carbonyl (C=O) groups is 3. The summed E-state index contributed by atoms with van der Waals surface area (Å²) in [6, 6.07) is 4.44. The summed E-state index contributed by atoms with van der Waals surface area (Å²) in [5.74, 6) is -4.80. The van der Waals surface area contributed by atoms with E-state index in [-0.39, 0.29) is 38.6 Å². The Labute approximate surface area is 241 Å². The lowest BCUT2D eigenvalue weighted by Gasteiger charge is -2.32. The van der Waals surface area contributed by atoms with E-state index in [4.69, 9.17) is 9.15 Å². The standard InChI is InChI=1S/C30H24F2N4O7/c1-30(2,3)43-29(41)36-13-34-20-10-18(31)14(9-17(20)27(36)38)12-35-21-11-19(32)15-6-8-42-25(15)23(21)22(24(35)28(39)40)16-5-4-7-33-26(16)37/h4-11,13,17,20H,12H2,1-3H3,(H,33,37)(H,39,40). The van der Waals surface area contributed by atoms with Crippen molar-refractivity contribution in [1.29, 1.82) is 0 Å². The van der Waals surface area contributed by atoms with E-state index in [1.54, 1.807) is 20.8 Å². The number of rotatable bonds is 4. The van der Waals surface area contributed by atoms with Gasteiger partial charge in [-0.2, -0.15) is 0 Å². The predicted molar refractivity (Wildman–Crippen MR) is 151 cm³/mol. The number of allylic oxidation sites excluding steroid dienone is 2. The molecule has 3 aromatic heterocycles. The molecule has 1 aliphatic carbocycles. The van der Waals surface area contributed by atoms with Crippen molar-refractivity contribution in [2.75, 3.05) is 0 Å². The molecule has 13 heteroatoms. The number of fused-ring (bicyclic) bond motifs is 4. The van der Waals surface area contributed by atoms with Crippen LogP contribution in [0, 0.1) is 11.7 Å². The van der Waals surface area contributed by atoms with E-state index in [0.717, 1.165) is 23.0 Å². The number of aliphatic imine (C=N–C) groups is 1. The molecule has 2 aliphatic rings. The van der Waals surface area contributed by atoms with Crippen molar-refractivity contribution >= 4 is 46.2 Å². The molecule has 0 fully saturated rings. The SMILES string of the molecule is CC(C)(C)OC(=O)N1C=NC2C=C(F)C(Cn3c(C(=O)O)c(-c4ccc[nH]c4=O)c4c5occc5c(F)cc43)=CC2C1=O. The monoisotopic (exact) mass is 590 g/mol. The van der Waals surface area contributed by atoms with Crippen LogP contribution in [0.15, 0.2) is 74.5 Å². The molecule has 1 aromatic carbocycles. The molecule has 4 aromatic rings. The molecule has 2 atom stereocenters. The number of imide groups is 1. The van der Waals surface area contributed by atoms with Gasteiger partial charge in [-0.25, -0.2) is 23.3 Å². The van der Waals surface area contributed by atoms with Crippen molar-refractivity contribution in [3.63, 3.8) is 0 Å². The zero-order valence-corrected chi connectivity index (χ0v) is 23.1. The molecule has 0 saturated heterocycles. The Balaban J connectivity index is 1.52. The molecular weight excluding hydrogens is 566 g/mol. The van der Waals surface area contributed by atoms with Crippen molar-refractivity contribution < 1.29 is 37.4 Å². The van der Waals surface area contributed by atoms with E-state index < -0.39 is 65.0 Å². The fraction of sp³-hybridized carbons (Fsp3) is 0.233. The molecule has 2 N–H and O–H groups in total. The summed E-state index contributed by atoms with van der Waals surface area (Å²) in [4.78, 5) is 58.9. The molecule has 220 valence electrons. The molecule has 4 heterocycles. The number of nitrogens with zero attached hydrogens (tertiary/aromatic N) is 3. The zero-order chi connectivity index (χ0) is 30.8. The number of benzene rings is 1. The van der Waals surface area contributed by atoms with Crippen LogP contribution in [0.5, 0.6) is 0 Å². The van der Waals surface area contributed by atoms with E-state index in [9.17, 15) is 24.3 Å². The normalized spacial score (nSPS) is 18.5. The topological polar surface area (TPSA) is 147 Å². The Morgan fingerprint density at radius 1 is 1.19 bits per heavy atom. The van der Waals surface area contributed by atoms with Gasteiger partial charge in [-0.1, -0.05) is 6.08 Å². The number of aromatic amines is 1. The number of aromatic carboxylic acids is 1. The average Bonchev–Trinajstić information content (AvgIpc) is 3.53. The number of H-pyrrole nitrogens is 1. The molecule has 6 rings (SSSR count). The maximum absolute atomic E-state index is 15.5. The number of hydrogen-bond acceptors (Lipinski definition) is 7. The third kappa shape index (κ3) is 4.62. The molecule has 0 saturated carbocycles. The number of ether oxygens (including phenoxy) is 1. The van der Waals surface area contributed by atoms with E-state index in [2.05, 4.69) is 9.98 Å². The molecule has 2 unspecified atom stereocenters. The predicted octanol–water partition coefficient (Wildman–Crippen LogP) is 5.16. The number of nitrogens with one attached hydrogen (secondary N) is 1. The Kier molecular flexibility index (Phi) is 6.40. The van der Waals surface area contributed by atoms with Crippen LogP contribution in [0.4, 0.5) is 13.6 Å². The highest BCUT2D eigenvalue weighted by atomic mass is 19.1. The van der Waals surface area contributed by atoms with Crippen molar-refractivity contribution in [3.05, 3.63) is 82.1 Å². The minimum Gasteiger partial charge on any atom is -0.477 e. The van der Waals surface area contributed by atoms with Crippen molar-refractivity contribution in [1.82, 2.24) is 14.5 Å². The quantitative estimate of drug-likeness (QED) is 0.334. The lowest BCUT2D eigenvalue weighted by Crippen LogP contribution is -2.48. The first-order valence-electron chi connectivity index (χ1n) is 13.2. The second kappa shape index (κ2) is 9.89. The Bertz CT molecular complexity index is 2010. The number of carboxylic acids is 1. The van der Waals surface area contributed by atoms with E-state index in [1.807, 2.05) is 0 Å². The lowest BCUT2D eigenvalue weighted by atomic mass is 9.89. The summed E-state index contributed by atoms with van der Waals surface area (Å²) in [6.45, 7) is 4.43. The summed E-state index contributed by atoms with van der Waals surface area (Å²) < 4.78 is 42.7. The zero-order valence-electron chi connectivity index (χ0n) is 23.1. The van der Waals surface area contributed by atoms with Crippen molar-refractivity contribution in [2.24, 2.45) is 10.9 Å². The average molecular weight is 591 g/mol. The second-order valence-electron chi connectivity index (χ2n) is 11.1. The maximum atomic E-state index is 15.5. The molecule has 43 heavy (non-hydrogen) atoms. The molecule has 11 nitrogen and oxygen atoms in total. The van der Waals surface area contributed by atoms with Gasteiger partial charge in [0.2, 0.25) is 5.91 Å². The van der Waals surface area contributed by atoms with Crippen LogP contribution in [-0.2, 0) is 16.1 Å². The molecule has 2 amide bonds. The molecular formula is C30H24F2N4O7. The van der Waals surface area contributed by atoms with Gasteiger partial charge in [0.1, 0.15) is 34.9 Å². The van der Waals surface area contributed by atoms with Crippen LogP contribution in [0.2, 0.25) is 0 Å². The van der Waals surface area contributed by atoms with Gasteiger partial charge in [0, 0.05) is 17.3 Å². The van der Waals surface area contributed by atoms with Gasteiger partial charge in [0.15, 0.2) is 0 Å². The van der Waals surface area contributed by atoms with Crippen molar-refractivity contribution in [2.45, 2.75) is 39.0 Å². The Morgan fingerprint density at radius 2 is 1.95 bits per heavy atom. The molecule has 0 radical (unpaired) electrons. The largest absolute Gasteiger partial charge is 0.477 e. The van der Waals surface area contributed by atoms with Gasteiger partial charge in [-0.15, -0.1) is 0 Å².